The number of benzene rings is 1. The van der Waals surface area contributed by atoms with Gasteiger partial charge in [-0.15, -0.1) is 11.3 Å². The SMILES string of the molecule is CC(=O)NNC(=O)c1ccsc1NC(=O)c1ccc(S(=O)(=O)N2CCCC2)cc1. The number of hydrogen-bond donors (Lipinski definition) is 3. The first-order valence-electron chi connectivity index (χ1n) is 8.85. The van der Waals surface area contributed by atoms with Crippen LogP contribution in [0.2, 0.25) is 0 Å². The van der Waals surface area contributed by atoms with Crippen molar-refractivity contribution in [3.8, 4) is 0 Å². The molecule has 11 heteroatoms. The van der Waals surface area contributed by atoms with Gasteiger partial charge in [-0.3, -0.25) is 25.2 Å². The zero-order valence-corrected chi connectivity index (χ0v) is 17.2. The van der Waals surface area contributed by atoms with Gasteiger partial charge in [0.1, 0.15) is 5.00 Å². The molecule has 3 N–H and O–H groups in total. The zero-order chi connectivity index (χ0) is 21.0. The number of sulfonamides is 1. The second-order valence-electron chi connectivity index (χ2n) is 6.39. The van der Waals surface area contributed by atoms with E-state index < -0.39 is 27.7 Å². The first-order valence-corrected chi connectivity index (χ1v) is 11.2. The summed E-state index contributed by atoms with van der Waals surface area (Å²) >= 11 is 1.15. The Bertz CT molecular complexity index is 1020. The molecule has 29 heavy (non-hydrogen) atoms. The zero-order valence-electron chi connectivity index (χ0n) is 15.6. The molecule has 3 amide bonds. The minimum absolute atomic E-state index is 0.141. The Labute approximate surface area is 172 Å². The van der Waals surface area contributed by atoms with E-state index >= 15 is 0 Å². The molecule has 1 aliphatic heterocycles. The van der Waals surface area contributed by atoms with Crippen molar-refractivity contribution in [3.05, 3.63) is 46.8 Å². The predicted octanol–water partition coefficient (Wildman–Crippen LogP) is 1.57. The molecule has 2 heterocycles. The number of amides is 3. The molecular formula is C18H20N4O5S2. The average Bonchev–Trinajstić information content (AvgIpc) is 3.38. The van der Waals surface area contributed by atoms with Gasteiger partial charge in [0.15, 0.2) is 0 Å². The number of hydrogen-bond acceptors (Lipinski definition) is 6. The predicted molar refractivity (Wildman–Crippen MR) is 108 cm³/mol. The molecular weight excluding hydrogens is 416 g/mol. The molecule has 0 saturated carbocycles. The Morgan fingerprint density at radius 3 is 2.24 bits per heavy atom. The van der Waals surface area contributed by atoms with Crippen LogP contribution in [-0.4, -0.2) is 43.5 Å². The Hall–Kier alpha value is -2.76. The van der Waals surface area contributed by atoms with Crippen LogP contribution in [0.15, 0.2) is 40.6 Å². The molecule has 0 bridgehead atoms. The van der Waals surface area contributed by atoms with Crippen molar-refractivity contribution in [1.29, 1.82) is 0 Å². The highest BCUT2D eigenvalue weighted by Gasteiger charge is 2.27. The van der Waals surface area contributed by atoms with Gasteiger partial charge in [-0.2, -0.15) is 4.31 Å². The number of rotatable bonds is 5. The largest absolute Gasteiger partial charge is 0.313 e. The lowest BCUT2D eigenvalue weighted by atomic mass is 10.2. The summed E-state index contributed by atoms with van der Waals surface area (Å²) in [6, 6.07) is 7.19. The minimum Gasteiger partial charge on any atom is -0.313 e. The average molecular weight is 437 g/mol. The lowest BCUT2D eigenvalue weighted by Gasteiger charge is -2.15. The summed E-state index contributed by atoms with van der Waals surface area (Å²) in [5, 5.41) is 4.58. The van der Waals surface area contributed by atoms with Gasteiger partial charge in [-0.1, -0.05) is 0 Å². The van der Waals surface area contributed by atoms with E-state index in [1.165, 1.54) is 41.6 Å². The highest BCUT2D eigenvalue weighted by Crippen LogP contribution is 2.25. The molecule has 1 fully saturated rings. The van der Waals surface area contributed by atoms with Crippen LogP contribution in [0, 0.1) is 0 Å². The van der Waals surface area contributed by atoms with Crippen molar-refractivity contribution in [2.24, 2.45) is 0 Å². The second-order valence-corrected chi connectivity index (χ2v) is 9.24. The van der Waals surface area contributed by atoms with Crippen LogP contribution in [0.25, 0.3) is 0 Å². The van der Waals surface area contributed by atoms with E-state index in [0.717, 1.165) is 24.2 Å². The summed E-state index contributed by atoms with van der Waals surface area (Å²) in [5.74, 6) is -1.47. The number of carbonyl (C=O) groups excluding carboxylic acids is 3. The normalized spacial score (nSPS) is 14.4. The number of thiophene rings is 1. The fourth-order valence-electron chi connectivity index (χ4n) is 2.83. The lowest BCUT2D eigenvalue weighted by Crippen LogP contribution is -2.40. The van der Waals surface area contributed by atoms with Gasteiger partial charge in [-0.25, -0.2) is 8.42 Å². The van der Waals surface area contributed by atoms with Crippen LogP contribution in [0.4, 0.5) is 5.00 Å². The molecule has 1 aromatic carbocycles. The summed E-state index contributed by atoms with van der Waals surface area (Å²) in [4.78, 5) is 35.6. The van der Waals surface area contributed by atoms with E-state index in [2.05, 4.69) is 16.2 Å². The van der Waals surface area contributed by atoms with Gasteiger partial charge in [-0.05, 0) is 48.6 Å². The Kier molecular flexibility index (Phi) is 6.30. The molecule has 9 nitrogen and oxygen atoms in total. The van der Waals surface area contributed by atoms with Crippen LogP contribution in [0.3, 0.4) is 0 Å². The number of carbonyl (C=O) groups is 3. The first kappa shape index (κ1) is 21.0. The van der Waals surface area contributed by atoms with Crippen molar-refractivity contribution in [2.45, 2.75) is 24.7 Å². The quantitative estimate of drug-likeness (QED) is 0.614. The third-order valence-electron chi connectivity index (χ3n) is 4.31. The fourth-order valence-corrected chi connectivity index (χ4v) is 5.12. The summed E-state index contributed by atoms with van der Waals surface area (Å²) in [7, 11) is -3.55. The van der Waals surface area contributed by atoms with Gasteiger partial charge in [0.05, 0.1) is 10.5 Å². The number of nitrogens with one attached hydrogen (secondary N) is 3. The molecule has 3 rings (SSSR count). The van der Waals surface area contributed by atoms with Crippen LogP contribution in [0.5, 0.6) is 0 Å². The van der Waals surface area contributed by atoms with Crippen LogP contribution < -0.4 is 16.2 Å². The molecule has 1 aliphatic rings. The lowest BCUT2D eigenvalue weighted by molar-refractivity contribution is -0.119. The van der Waals surface area contributed by atoms with Crippen molar-refractivity contribution in [3.63, 3.8) is 0 Å². The van der Waals surface area contributed by atoms with Gasteiger partial charge < -0.3 is 5.32 Å². The number of anilines is 1. The van der Waals surface area contributed by atoms with Crippen LogP contribution in [-0.2, 0) is 14.8 Å². The highest BCUT2D eigenvalue weighted by molar-refractivity contribution is 7.89. The number of nitrogens with zero attached hydrogens (tertiary/aromatic N) is 1. The topological polar surface area (TPSA) is 125 Å². The third-order valence-corrected chi connectivity index (χ3v) is 7.05. The maximum Gasteiger partial charge on any atom is 0.272 e. The molecule has 0 radical (unpaired) electrons. The minimum atomic E-state index is -3.55. The van der Waals surface area contributed by atoms with E-state index in [1.54, 1.807) is 5.38 Å². The fraction of sp³-hybridized carbons (Fsp3) is 0.278. The van der Waals surface area contributed by atoms with Gasteiger partial charge in [0.2, 0.25) is 15.9 Å². The van der Waals surface area contributed by atoms with Crippen molar-refractivity contribution < 1.29 is 22.8 Å². The van der Waals surface area contributed by atoms with Crippen molar-refractivity contribution >= 4 is 44.1 Å². The number of hydrazine groups is 1. The van der Waals surface area contributed by atoms with Crippen LogP contribution >= 0.6 is 11.3 Å². The van der Waals surface area contributed by atoms with E-state index in [0.29, 0.717) is 18.1 Å². The molecule has 0 unspecified atom stereocenters. The van der Waals surface area contributed by atoms with Gasteiger partial charge >= 0.3 is 0 Å². The summed E-state index contributed by atoms with van der Waals surface area (Å²) in [6.07, 6.45) is 1.69. The van der Waals surface area contributed by atoms with Crippen molar-refractivity contribution in [2.75, 3.05) is 18.4 Å². The van der Waals surface area contributed by atoms with Gasteiger partial charge in [0.25, 0.3) is 11.8 Å². The first-order chi connectivity index (χ1) is 13.8. The van der Waals surface area contributed by atoms with E-state index in [1.807, 2.05) is 0 Å². The molecule has 2 aromatic rings. The maximum absolute atomic E-state index is 12.6. The van der Waals surface area contributed by atoms with Gasteiger partial charge in [0, 0.05) is 25.6 Å². The monoisotopic (exact) mass is 436 g/mol. The van der Waals surface area contributed by atoms with E-state index in [4.69, 9.17) is 0 Å². The highest BCUT2D eigenvalue weighted by atomic mass is 32.2. The molecule has 1 saturated heterocycles. The van der Waals surface area contributed by atoms with E-state index in [9.17, 15) is 22.8 Å². The molecule has 0 aliphatic carbocycles. The Morgan fingerprint density at radius 2 is 1.62 bits per heavy atom. The molecule has 1 aromatic heterocycles. The third kappa shape index (κ3) is 4.81. The standard InChI is InChI=1S/C18H20N4O5S2/c1-12(23)20-21-17(25)15-8-11-28-18(15)19-16(24)13-4-6-14(7-5-13)29(26,27)22-9-2-3-10-22/h4-8,11H,2-3,9-10H2,1H3,(H,19,24)(H,20,23)(H,21,25). The Balaban J connectivity index is 1.70. The molecule has 154 valence electrons. The van der Waals surface area contributed by atoms with Crippen LogP contribution in [0.1, 0.15) is 40.5 Å². The smallest absolute Gasteiger partial charge is 0.272 e. The molecule has 0 spiro atoms. The van der Waals surface area contributed by atoms with Crippen molar-refractivity contribution in [1.82, 2.24) is 15.2 Å². The maximum atomic E-state index is 12.6. The summed E-state index contributed by atoms with van der Waals surface area (Å²) < 4.78 is 26.5. The summed E-state index contributed by atoms with van der Waals surface area (Å²) in [5.41, 5.74) is 4.87. The van der Waals surface area contributed by atoms with E-state index in [-0.39, 0.29) is 16.0 Å². The Morgan fingerprint density at radius 1 is 0.966 bits per heavy atom. The summed E-state index contributed by atoms with van der Waals surface area (Å²) in [6.45, 7) is 2.27. The second kappa shape index (κ2) is 8.72. The molecule has 0 atom stereocenters.